The molecule has 0 aliphatic rings. The van der Waals surface area contributed by atoms with E-state index in [0.717, 1.165) is 37.1 Å². The van der Waals surface area contributed by atoms with E-state index < -0.39 is 0 Å². The Balaban J connectivity index is 1.56. The fourth-order valence-corrected chi connectivity index (χ4v) is 4.13. The molecule has 0 radical (unpaired) electrons. The molecule has 1 N–H and O–H groups in total. The topological polar surface area (TPSA) is 55.1 Å². The molecule has 0 saturated heterocycles. The second-order valence-electron chi connectivity index (χ2n) is 5.46. The van der Waals surface area contributed by atoms with Gasteiger partial charge in [0.25, 0.3) is 0 Å². The third-order valence-corrected chi connectivity index (χ3v) is 5.78. The normalized spacial score (nSPS) is 12.6. The first-order valence-corrected chi connectivity index (χ1v) is 9.46. The van der Waals surface area contributed by atoms with Crippen LogP contribution in [0.4, 0.5) is 5.13 Å². The molecule has 0 saturated carbocycles. The van der Waals surface area contributed by atoms with Gasteiger partial charge in [0.05, 0.1) is 17.9 Å². The van der Waals surface area contributed by atoms with Crippen LogP contribution in [0, 0.1) is 6.92 Å². The Hall–Kier alpha value is -1.96. The average Bonchev–Trinajstić information content (AvgIpc) is 3.22. The summed E-state index contributed by atoms with van der Waals surface area (Å²) in [4.78, 5) is 10.0. The van der Waals surface area contributed by atoms with Gasteiger partial charge in [0, 0.05) is 21.7 Å². The second kappa shape index (κ2) is 6.16. The lowest BCUT2D eigenvalue weighted by Gasteiger charge is -2.08. The maximum Gasteiger partial charge on any atom is 0.214 e. The maximum atomic E-state index is 5.93. The van der Waals surface area contributed by atoms with Crippen molar-refractivity contribution in [3.63, 3.8) is 0 Å². The lowest BCUT2D eigenvalue weighted by molar-refractivity contribution is 0.847. The quantitative estimate of drug-likeness (QED) is 0.542. The Labute approximate surface area is 152 Å². The molecule has 4 aromatic rings. The lowest BCUT2D eigenvalue weighted by atomic mass is 10.2. The predicted octanol–water partition coefficient (Wildman–Crippen LogP) is 5.05. The van der Waals surface area contributed by atoms with Crippen molar-refractivity contribution in [2.24, 2.45) is 0 Å². The van der Waals surface area contributed by atoms with Crippen molar-refractivity contribution in [1.29, 1.82) is 0 Å². The fraction of sp³-hybridized carbons (Fsp3) is 0.188. The molecule has 0 aliphatic heterocycles. The molecule has 0 bridgehead atoms. The number of fused-ring (bicyclic) bond motifs is 1. The molecule has 0 aliphatic carbocycles. The van der Waals surface area contributed by atoms with Crippen molar-refractivity contribution in [2.45, 2.75) is 19.9 Å². The number of aryl methyl sites for hydroxylation is 1. The Morgan fingerprint density at radius 2 is 2.00 bits per heavy atom. The van der Waals surface area contributed by atoms with Crippen molar-refractivity contribution in [3.8, 4) is 11.3 Å². The van der Waals surface area contributed by atoms with E-state index >= 15 is 0 Å². The van der Waals surface area contributed by atoms with Gasteiger partial charge in [0.2, 0.25) is 10.1 Å². The van der Waals surface area contributed by atoms with E-state index in [2.05, 4.69) is 32.7 Å². The molecule has 3 aromatic heterocycles. The number of halogens is 1. The van der Waals surface area contributed by atoms with Crippen molar-refractivity contribution in [1.82, 2.24) is 19.6 Å². The van der Waals surface area contributed by atoms with Gasteiger partial charge in [-0.25, -0.2) is 14.5 Å². The number of benzene rings is 1. The molecule has 1 unspecified atom stereocenters. The van der Waals surface area contributed by atoms with Crippen molar-refractivity contribution in [2.75, 3.05) is 5.32 Å². The lowest BCUT2D eigenvalue weighted by Crippen LogP contribution is -2.06. The van der Waals surface area contributed by atoms with Crippen LogP contribution in [0.15, 0.2) is 35.8 Å². The van der Waals surface area contributed by atoms with E-state index in [1.54, 1.807) is 15.9 Å². The first kappa shape index (κ1) is 15.6. The minimum Gasteiger partial charge on any atom is -0.351 e. The van der Waals surface area contributed by atoms with Gasteiger partial charge in [-0.2, -0.15) is 0 Å². The third-order valence-electron chi connectivity index (χ3n) is 3.53. The number of thiazole rings is 1. The molecule has 8 heteroatoms. The van der Waals surface area contributed by atoms with E-state index in [1.165, 1.54) is 11.3 Å². The highest BCUT2D eigenvalue weighted by Gasteiger charge is 2.14. The minimum atomic E-state index is 0.121. The Bertz CT molecular complexity index is 954. The second-order valence-corrected chi connectivity index (χ2v) is 7.74. The summed E-state index contributed by atoms with van der Waals surface area (Å²) in [5, 5.41) is 12.6. The molecule has 4 rings (SSSR count). The summed E-state index contributed by atoms with van der Waals surface area (Å²) >= 11 is 9.11. The highest BCUT2D eigenvalue weighted by Crippen LogP contribution is 2.28. The van der Waals surface area contributed by atoms with E-state index in [0.29, 0.717) is 0 Å². The van der Waals surface area contributed by atoms with E-state index in [9.17, 15) is 0 Å². The molecule has 3 heterocycles. The molecular weight excluding hydrogens is 362 g/mol. The number of hydrogen-bond donors (Lipinski definition) is 1. The fourth-order valence-electron chi connectivity index (χ4n) is 2.34. The molecule has 1 atom stereocenters. The first-order chi connectivity index (χ1) is 11.6. The van der Waals surface area contributed by atoms with Crippen LogP contribution in [0.25, 0.3) is 16.2 Å². The Morgan fingerprint density at radius 3 is 2.67 bits per heavy atom. The number of aromatic nitrogens is 4. The van der Waals surface area contributed by atoms with Crippen molar-refractivity contribution < 1.29 is 0 Å². The van der Waals surface area contributed by atoms with Gasteiger partial charge in [0.15, 0.2) is 0 Å². The number of hydrogen-bond acceptors (Lipinski definition) is 6. The minimum absolute atomic E-state index is 0.121. The monoisotopic (exact) mass is 375 g/mol. The molecule has 24 heavy (non-hydrogen) atoms. The SMILES string of the molecule is Cc1csc(C(C)Nc2nn3cc(-c4ccc(Cl)cc4)nc3s2)n1. The molecule has 122 valence electrons. The van der Waals surface area contributed by atoms with Crippen molar-refractivity contribution >= 4 is 44.4 Å². The summed E-state index contributed by atoms with van der Waals surface area (Å²) in [7, 11) is 0. The van der Waals surface area contributed by atoms with Gasteiger partial charge in [-0.1, -0.05) is 35.1 Å². The van der Waals surface area contributed by atoms with Gasteiger partial charge >= 0.3 is 0 Å². The summed E-state index contributed by atoms with van der Waals surface area (Å²) in [6.07, 6.45) is 1.93. The standard InChI is InChI=1S/C16H14ClN5S2/c1-9-8-23-14(18-9)10(2)19-15-21-22-7-13(20-16(22)24-15)11-3-5-12(17)6-4-11/h3-8,10H,1-2H3,(H,19,21). The number of anilines is 1. The maximum absolute atomic E-state index is 5.93. The zero-order chi connectivity index (χ0) is 16.7. The zero-order valence-electron chi connectivity index (χ0n) is 13.0. The van der Waals surface area contributed by atoms with E-state index in [1.807, 2.05) is 37.4 Å². The summed E-state index contributed by atoms with van der Waals surface area (Å²) in [5.41, 5.74) is 2.96. The molecule has 1 aromatic carbocycles. The highest BCUT2D eigenvalue weighted by molar-refractivity contribution is 7.20. The summed E-state index contributed by atoms with van der Waals surface area (Å²) < 4.78 is 1.80. The van der Waals surface area contributed by atoms with Crippen LogP contribution in [0.5, 0.6) is 0 Å². The summed E-state index contributed by atoms with van der Waals surface area (Å²) in [6, 6.07) is 7.77. The van der Waals surface area contributed by atoms with Crippen LogP contribution in [0.1, 0.15) is 23.7 Å². The van der Waals surface area contributed by atoms with Gasteiger partial charge < -0.3 is 5.32 Å². The molecule has 5 nitrogen and oxygen atoms in total. The molecular formula is C16H14ClN5S2. The third kappa shape index (κ3) is 3.02. The molecule has 0 amide bonds. The van der Waals surface area contributed by atoms with Crippen LogP contribution in [0.3, 0.4) is 0 Å². The smallest absolute Gasteiger partial charge is 0.214 e. The van der Waals surface area contributed by atoms with Gasteiger partial charge in [-0.3, -0.25) is 0 Å². The van der Waals surface area contributed by atoms with Gasteiger partial charge in [-0.05, 0) is 26.0 Å². The Kier molecular flexibility index (Phi) is 3.99. The first-order valence-electron chi connectivity index (χ1n) is 7.39. The largest absolute Gasteiger partial charge is 0.351 e. The highest BCUT2D eigenvalue weighted by atomic mass is 35.5. The Morgan fingerprint density at radius 1 is 1.21 bits per heavy atom. The zero-order valence-corrected chi connectivity index (χ0v) is 15.4. The molecule has 0 spiro atoms. The number of nitrogens with one attached hydrogen (secondary N) is 1. The average molecular weight is 376 g/mol. The van der Waals surface area contributed by atoms with Crippen LogP contribution in [-0.4, -0.2) is 19.6 Å². The summed E-state index contributed by atoms with van der Waals surface area (Å²) in [6.45, 7) is 4.09. The van der Waals surface area contributed by atoms with E-state index in [4.69, 9.17) is 11.6 Å². The number of nitrogens with zero attached hydrogens (tertiary/aromatic N) is 4. The van der Waals surface area contributed by atoms with Gasteiger partial charge in [0.1, 0.15) is 5.01 Å². The van der Waals surface area contributed by atoms with E-state index in [-0.39, 0.29) is 6.04 Å². The molecule has 0 fully saturated rings. The van der Waals surface area contributed by atoms with Crippen molar-refractivity contribution in [3.05, 3.63) is 51.6 Å². The predicted molar refractivity (Wildman–Crippen MR) is 100 cm³/mol. The van der Waals surface area contributed by atoms with Crippen LogP contribution in [-0.2, 0) is 0 Å². The number of imidazole rings is 1. The number of rotatable bonds is 4. The van der Waals surface area contributed by atoms with Crippen LogP contribution >= 0.6 is 34.3 Å². The van der Waals surface area contributed by atoms with Crippen LogP contribution < -0.4 is 5.32 Å². The summed E-state index contributed by atoms with van der Waals surface area (Å²) in [5.74, 6) is 0. The van der Waals surface area contributed by atoms with Crippen LogP contribution in [0.2, 0.25) is 5.02 Å². The van der Waals surface area contributed by atoms with Gasteiger partial charge in [-0.15, -0.1) is 16.4 Å².